The number of fused-ring (bicyclic) bond motifs is 1. The molecule has 28 heavy (non-hydrogen) atoms. The molecule has 0 spiro atoms. The van der Waals surface area contributed by atoms with Crippen LogP contribution in [0.25, 0.3) is 0 Å². The Morgan fingerprint density at radius 2 is 2.14 bits per heavy atom. The van der Waals surface area contributed by atoms with Gasteiger partial charge in [0.25, 0.3) is 0 Å². The van der Waals surface area contributed by atoms with Crippen LogP contribution in [0, 0.1) is 0 Å². The number of Topliss-reactive ketones (excluding diaryl/α,β-unsaturated/α-hetero) is 1. The summed E-state index contributed by atoms with van der Waals surface area (Å²) in [7, 11) is 3.21. The highest BCUT2D eigenvalue weighted by Gasteiger charge is 2.38. The van der Waals surface area contributed by atoms with Gasteiger partial charge in [-0.1, -0.05) is 0 Å². The van der Waals surface area contributed by atoms with Crippen molar-refractivity contribution < 1.29 is 19.4 Å². The van der Waals surface area contributed by atoms with Crippen molar-refractivity contribution in [2.24, 2.45) is 0 Å². The predicted octanol–water partition coefficient (Wildman–Crippen LogP) is 2.24. The van der Waals surface area contributed by atoms with Gasteiger partial charge < -0.3 is 19.9 Å². The first kappa shape index (κ1) is 18.5. The van der Waals surface area contributed by atoms with Crippen molar-refractivity contribution in [1.29, 1.82) is 0 Å². The van der Waals surface area contributed by atoms with E-state index in [1.54, 1.807) is 18.9 Å². The monoisotopic (exact) mass is 384 g/mol. The zero-order valence-electron chi connectivity index (χ0n) is 16.1. The topological polar surface area (TPSA) is 98.5 Å². The van der Waals surface area contributed by atoms with Crippen molar-refractivity contribution in [3.63, 3.8) is 0 Å². The molecule has 0 bridgehead atoms. The number of hydrogen-bond donors (Lipinski definition) is 2. The predicted molar refractivity (Wildman–Crippen MR) is 103 cm³/mol. The van der Waals surface area contributed by atoms with E-state index in [1.165, 1.54) is 0 Å². The molecule has 1 aromatic heterocycles. The first-order chi connectivity index (χ1) is 13.7. The van der Waals surface area contributed by atoms with Gasteiger partial charge in [0, 0.05) is 42.3 Å². The number of aliphatic hydroxyl groups excluding tert-OH is 1. The van der Waals surface area contributed by atoms with Gasteiger partial charge in [-0.05, 0) is 31.4 Å². The summed E-state index contributed by atoms with van der Waals surface area (Å²) in [6.45, 7) is 0.0836. The Labute approximate surface area is 163 Å². The summed E-state index contributed by atoms with van der Waals surface area (Å²) in [4.78, 5) is 17.5. The van der Waals surface area contributed by atoms with Gasteiger partial charge in [-0.25, -0.2) is 4.68 Å². The van der Waals surface area contributed by atoms with E-state index in [0.717, 1.165) is 29.7 Å². The molecule has 0 saturated heterocycles. The van der Waals surface area contributed by atoms with Gasteiger partial charge in [0.1, 0.15) is 17.5 Å². The van der Waals surface area contributed by atoms with Crippen LogP contribution in [-0.4, -0.2) is 46.5 Å². The zero-order chi connectivity index (χ0) is 19.7. The molecule has 0 radical (unpaired) electrons. The molecule has 1 aliphatic heterocycles. The molecule has 1 aromatic carbocycles. The van der Waals surface area contributed by atoms with Crippen molar-refractivity contribution in [2.75, 3.05) is 26.1 Å². The van der Waals surface area contributed by atoms with Gasteiger partial charge in [0.05, 0.1) is 14.2 Å². The lowest BCUT2D eigenvalue weighted by atomic mass is 9.85. The Kier molecular flexibility index (Phi) is 5.04. The summed E-state index contributed by atoms with van der Waals surface area (Å²) in [5.41, 5.74) is 2.47. The number of aryl methyl sites for hydroxylation is 1. The lowest BCUT2D eigenvalue weighted by Crippen LogP contribution is -2.31. The van der Waals surface area contributed by atoms with Crippen LogP contribution >= 0.6 is 0 Å². The maximum Gasteiger partial charge on any atom is 0.226 e. The third-order valence-electron chi connectivity index (χ3n) is 5.21. The Hall–Kier alpha value is -2.87. The van der Waals surface area contributed by atoms with Crippen molar-refractivity contribution in [2.45, 2.75) is 38.1 Å². The highest BCUT2D eigenvalue weighted by Crippen LogP contribution is 2.43. The van der Waals surface area contributed by atoms with Gasteiger partial charge in [-0.2, -0.15) is 10.1 Å². The maximum atomic E-state index is 12.9. The van der Waals surface area contributed by atoms with Gasteiger partial charge in [-0.15, -0.1) is 0 Å². The lowest BCUT2D eigenvalue weighted by Gasteiger charge is -2.32. The van der Waals surface area contributed by atoms with Crippen LogP contribution in [0.4, 0.5) is 5.95 Å². The Morgan fingerprint density at radius 1 is 1.29 bits per heavy atom. The fraction of sp³-hybridized carbons (Fsp3) is 0.450. The molecule has 2 heterocycles. The fourth-order valence-corrected chi connectivity index (χ4v) is 3.88. The Balaban J connectivity index is 1.86. The fourth-order valence-electron chi connectivity index (χ4n) is 3.88. The number of rotatable bonds is 6. The van der Waals surface area contributed by atoms with E-state index in [-0.39, 0.29) is 12.4 Å². The Bertz CT molecular complexity index is 934. The lowest BCUT2D eigenvalue weighted by molar-refractivity contribution is -0.116. The number of ether oxygens (including phenoxy) is 2. The van der Waals surface area contributed by atoms with E-state index in [1.807, 2.05) is 18.2 Å². The van der Waals surface area contributed by atoms with E-state index in [4.69, 9.17) is 14.6 Å². The van der Waals surface area contributed by atoms with Gasteiger partial charge in [0.2, 0.25) is 5.95 Å². The summed E-state index contributed by atoms with van der Waals surface area (Å²) in [6, 6.07) is 5.18. The number of methoxy groups -OCH3 is 2. The number of carbonyl (C=O) groups excluding carboxylic acids is 1. The molecule has 2 N–H and O–H groups in total. The van der Waals surface area contributed by atoms with Crippen molar-refractivity contribution in [1.82, 2.24) is 14.8 Å². The van der Waals surface area contributed by atoms with Crippen LogP contribution in [0.1, 0.15) is 43.1 Å². The molecule has 0 saturated carbocycles. The maximum absolute atomic E-state index is 12.9. The number of anilines is 1. The molecule has 8 nitrogen and oxygen atoms in total. The van der Waals surface area contributed by atoms with Gasteiger partial charge in [-0.3, -0.25) is 4.79 Å². The van der Waals surface area contributed by atoms with Crippen LogP contribution in [0.2, 0.25) is 0 Å². The van der Waals surface area contributed by atoms with Crippen molar-refractivity contribution in [3.8, 4) is 11.5 Å². The standard InChI is InChI=1S/C20H24N4O4/c1-27-12-8-9-13(16(11-12)28-2)19-18-14(5-3-6-15(18)26)21-20-22-17(7-4-10-25)23-24(19)20/h8-9,11,19,25H,3-7,10H2,1-2H3,(H,21,22,23). The number of nitrogens with zero attached hydrogens (tertiary/aromatic N) is 3. The number of hydrogen-bond acceptors (Lipinski definition) is 7. The number of aromatic nitrogens is 3. The largest absolute Gasteiger partial charge is 0.497 e. The molecule has 8 heteroatoms. The first-order valence-electron chi connectivity index (χ1n) is 9.47. The second-order valence-corrected chi connectivity index (χ2v) is 6.93. The summed E-state index contributed by atoms with van der Waals surface area (Å²) in [6.07, 6.45) is 3.31. The van der Waals surface area contributed by atoms with Gasteiger partial charge >= 0.3 is 0 Å². The average Bonchev–Trinajstić information content (AvgIpc) is 3.13. The van der Waals surface area contributed by atoms with E-state index in [2.05, 4.69) is 15.4 Å². The summed E-state index contributed by atoms with van der Waals surface area (Å²) in [5.74, 6) is 2.69. The minimum atomic E-state index is -0.407. The van der Waals surface area contributed by atoms with Crippen LogP contribution in [0.15, 0.2) is 29.5 Å². The Morgan fingerprint density at radius 3 is 2.89 bits per heavy atom. The summed E-state index contributed by atoms with van der Waals surface area (Å²) >= 11 is 0. The summed E-state index contributed by atoms with van der Waals surface area (Å²) < 4.78 is 12.7. The smallest absolute Gasteiger partial charge is 0.226 e. The molecule has 1 aliphatic carbocycles. The van der Waals surface area contributed by atoms with E-state index in [9.17, 15) is 4.79 Å². The first-order valence-corrected chi connectivity index (χ1v) is 9.47. The van der Waals surface area contributed by atoms with Crippen molar-refractivity contribution in [3.05, 3.63) is 40.9 Å². The second kappa shape index (κ2) is 7.63. The molecule has 148 valence electrons. The van der Waals surface area contributed by atoms with Crippen LogP contribution in [0.5, 0.6) is 11.5 Å². The number of allylic oxidation sites excluding steroid dienone is 2. The molecule has 1 unspecified atom stereocenters. The third-order valence-corrected chi connectivity index (χ3v) is 5.21. The highest BCUT2D eigenvalue weighted by molar-refractivity contribution is 5.99. The van der Waals surface area contributed by atoms with Crippen LogP contribution in [-0.2, 0) is 11.2 Å². The molecule has 0 fully saturated rings. The van der Waals surface area contributed by atoms with E-state index >= 15 is 0 Å². The molecule has 2 aliphatic rings. The van der Waals surface area contributed by atoms with Crippen molar-refractivity contribution >= 4 is 11.7 Å². The highest BCUT2D eigenvalue weighted by atomic mass is 16.5. The average molecular weight is 384 g/mol. The molecule has 4 rings (SSSR count). The molecular formula is C20H24N4O4. The molecule has 0 amide bonds. The van der Waals surface area contributed by atoms with E-state index in [0.29, 0.717) is 42.5 Å². The second-order valence-electron chi connectivity index (χ2n) is 6.93. The normalized spacial score (nSPS) is 18.4. The van der Waals surface area contributed by atoms with Gasteiger partial charge in [0.15, 0.2) is 11.6 Å². The minimum absolute atomic E-state index is 0.0836. The number of aliphatic hydroxyl groups is 1. The molecule has 1 atom stereocenters. The number of nitrogens with one attached hydrogen (secondary N) is 1. The number of benzene rings is 1. The van der Waals surface area contributed by atoms with Crippen LogP contribution < -0.4 is 14.8 Å². The molecule has 2 aromatic rings. The third kappa shape index (κ3) is 3.13. The zero-order valence-corrected chi connectivity index (χ0v) is 16.1. The SMILES string of the molecule is COc1ccc(C2C3=C(CCCC3=O)Nc3nc(CCCO)nn32)c(OC)c1. The number of ketones is 1. The van der Waals surface area contributed by atoms with E-state index < -0.39 is 6.04 Å². The minimum Gasteiger partial charge on any atom is -0.497 e. The molecular weight excluding hydrogens is 360 g/mol. The van der Waals surface area contributed by atoms with Crippen LogP contribution in [0.3, 0.4) is 0 Å². The number of carbonyl (C=O) groups is 1. The summed E-state index contributed by atoms with van der Waals surface area (Å²) in [5, 5.41) is 17.1. The quantitative estimate of drug-likeness (QED) is 0.788.